The molecule has 0 radical (unpaired) electrons. The third-order valence-corrected chi connectivity index (χ3v) is 4.35. The molecule has 14 heavy (non-hydrogen) atoms. The Kier molecular flexibility index (Phi) is 1.75. The first-order valence-corrected chi connectivity index (χ1v) is 5.70. The summed E-state index contributed by atoms with van der Waals surface area (Å²) in [7, 11) is 0. The summed E-state index contributed by atoms with van der Waals surface area (Å²) in [6.07, 6.45) is 8.37. The molecule has 3 rings (SSSR count). The van der Waals surface area contributed by atoms with Gasteiger partial charge >= 0.3 is 0 Å². The van der Waals surface area contributed by atoms with Crippen molar-refractivity contribution in [3.05, 3.63) is 23.5 Å². The lowest BCUT2D eigenvalue weighted by atomic mass is 9.64. The van der Waals surface area contributed by atoms with E-state index in [2.05, 4.69) is 29.6 Å². The minimum absolute atomic E-state index is 0.452. The first-order chi connectivity index (χ1) is 6.83. The van der Waals surface area contributed by atoms with E-state index in [1.165, 1.54) is 32.4 Å². The minimum atomic E-state index is 0.452. The summed E-state index contributed by atoms with van der Waals surface area (Å²) >= 11 is 0. The third kappa shape index (κ3) is 0.949. The quantitative estimate of drug-likeness (QED) is 0.642. The lowest BCUT2D eigenvalue weighted by Crippen LogP contribution is -2.39. The molecule has 2 unspecified atom stereocenters. The molecule has 0 saturated carbocycles. The molecule has 1 spiro atoms. The van der Waals surface area contributed by atoms with Gasteiger partial charge in [0.15, 0.2) is 0 Å². The van der Waals surface area contributed by atoms with Gasteiger partial charge in [0.05, 0.1) is 0 Å². The highest BCUT2D eigenvalue weighted by Crippen LogP contribution is 2.45. The van der Waals surface area contributed by atoms with E-state index in [9.17, 15) is 0 Å². The smallest absolute Gasteiger partial charge is 0.0133 e. The topological polar surface area (TPSA) is 27.8 Å². The molecule has 0 amide bonds. The van der Waals surface area contributed by atoms with E-state index >= 15 is 0 Å². The molecule has 0 bridgehead atoms. The molecular formula is C12H18N2. The van der Waals surface area contributed by atoms with Gasteiger partial charge in [0.25, 0.3) is 0 Å². The number of hydrogen-bond acceptors (Lipinski definition) is 1. The van der Waals surface area contributed by atoms with Crippen molar-refractivity contribution in [1.82, 2.24) is 10.3 Å². The van der Waals surface area contributed by atoms with Gasteiger partial charge in [-0.25, -0.2) is 0 Å². The number of aryl methyl sites for hydroxylation is 1. The number of fused-ring (bicyclic) bond motifs is 2. The maximum absolute atomic E-state index is 3.53. The molecule has 76 valence electrons. The van der Waals surface area contributed by atoms with Gasteiger partial charge in [-0.3, -0.25) is 0 Å². The molecule has 1 aliphatic heterocycles. The highest BCUT2D eigenvalue weighted by atomic mass is 14.9. The van der Waals surface area contributed by atoms with Crippen LogP contribution in [-0.4, -0.2) is 18.1 Å². The van der Waals surface area contributed by atoms with Crippen molar-refractivity contribution in [2.45, 2.75) is 31.6 Å². The summed E-state index contributed by atoms with van der Waals surface area (Å²) in [4.78, 5) is 3.28. The van der Waals surface area contributed by atoms with Gasteiger partial charge in [-0.2, -0.15) is 0 Å². The van der Waals surface area contributed by atoms with Crippen molar-refractivity contribution >= 4 is 0 Å². The Morgan fingerprint density at radius 2 is 2.36 bits per heavy atom. The van der Waals surface area contributed by atoms with E-state index in [0.717, 1.165) is 5.92 Å². The van der Waals surface area contributed by atoms with Crippen LogP contribution in [0, 0.1) is 5.92 Å². The Labute approximate surface area is 85.1 Å². The van der Waals surface area contributed by atoms with Crippen LogP contribution in [0.4, 0.5) is 0 Å². The summed E-state index contributed by atoms with van der Waals surface area (Å²) in [6.45, 7) is 4.79. The van der Waals surface area contributed by atoms with Gasteiger partial charge in [0, 0.05) is 24.4 Å². The highest BCUT2D eigenvalue weighted by Gasteiger charge is 2.44. The van der Waals surface area contributed by atoms with Crippen molar-refractivity contribution in [3.63, 3.8) is 0 Å². The van der Waals surface area contributed by atoms with Crippen molar-refractivity contribution in [3.8, 4) is 0 Å². The van der Waals surface area contributed by atoms with E-state index in [1.807, 2.05) is 0 Å². The van der Waals surface area contributed by atoms with Crippen LogP contribution in [0.5, 0.6) is 0 Å². The predicted molar refractivity (Wildman–Crippen MR) is 57.4 cm³/mol. The number of hydrogen-bond donors (Lipinski definition) is 2. The summed E-state index contributed by atoms with van der Waals surface area (Å²) in [5.41, 5.74) is 3.61. The van der Waals surface area contributed by atoms with Crippen molar-refractivity contribution in [2.24, 2.45) is 5.92 Å². The normalized spacial score (nSPS) is 36.2. The van der Waals surface area contributed by atoms with Crippen molar-refractivity contribution in [2.75, 3.05) is 13.1 Å². The second kappa shape index (κ2) is 2.86. The SMILES string of the molecule is CC1CCc2c[nH]cc2C12CCNC2. The minimum Gasteiger partial charge on any atom is -0.367 e. The van der Waals surface area contributed by atoms with Crippen LogP contribution >= 0.6 is 0 Å². The summed E-state index contributed by atoms with van der Waals surface area (Å²) in [5.74, 6) is 0.834. The fourth-order valence-electron chi connectivity index (χ4n) is 3.34. The predicted octanol–water partition coefficient (Wildman–Crippen LogP) is 1.83. The van der Waals surface area contributed by atoms with E-state index in [4.69, 9.17) is 0 Å². The molecule has 2 atom stereocenters. The number of H-pyrrole nitrogens is 1. The molecular weight excluding hydrogens is 172 g/mol. The van der Waals surface area contributed by atoms with Gasteiger partial charge in [-0.05, 0) is 42.9 Å². The molecule has 1 fully saturated rings. The van der Waals surface area contributed by atoms with Crippen molar-refractivity contribution in [1.29, 1.82) is 0 Å². The van der Waals surface area contributed by atoms with E-state index in [1.54, 1.807) is 11.1 Å². The van der Waals surface area contributed by atoms with Crippen LogP contribution in [0.1, 0.15) is 30.9 Å². The summed E-state index contributed by atoms with van der Waals surface area (Å²) in [6, 6.07) is 0. The van der Waals surface area contributed by atoms with Gasteiger partial charge in [-0.15, -0.1) is 0 Å². The molecule has 1 aromatic heterocycles. The Bertz CT molecular complexity index is 334. The van der Waals surface area contributed by atoms with Crippen LogP contribution in [0.3, 0.4) is 0 Å². The number of aromatic amines is 1. The van der Waals surface area contributed by atoms with E-state index < -0.39 is 0 Å². The third-order valence-electron chi connectivity index (χ3n) is 4.35. The number of aromatic nitrogens is 1. The van der Waals surface area contributed by atoms with Crippen molar-refractivity contribution < 1.29 is 0 Å². The highest BCUT2D eigenvalue weighted by molar-refractivity contribution is 5.37. The van der Waals surface area contributed by atoms with Crippen LogP contribution in [0.15, 0.2) is 12.4 Å². The molecule has 0 aromatic carbocycles. The Morgan fingerprint density at radius 1 is 1.43 bits per heavy atom. The summed E-state index contributed by atoms with van der Waals surface area (Å²) in [5, 5.41) is 3.53. The molecule has 2 aliphatic rings. The zero-order chi connectivity index (χ0) is 9.60. The fraction of sp³-hybridized carbons (Fsp3) is 0.667. The van der Waals surface area contributed by atoms with Crippen LogP contribution in [0.2, 0.25) is 0 Å². The molecule has 2 N–H and O–H groups in total. The molecule has 1 aromatic rings. The summed E-state index contributed by atoms with van der Waals surface area (Å²) < 4.78 is 0. The second-order valence-electron chi connectivity index (χ2n) is 4.92. The van der Waals surface area contributed by atoms with Crippen LogP contribution in [-0.2, 0) is 11.8 Å². The van der Waals surface area contributed by atoms with E-state index in [-0.39, 0.29) is 0 Å². The second-order valence-corrected chi connectivity index (χ2v) is 4.92. The monoisotopic (exact) mass is 190 g/mol. The zero-order valence-corrected chi connectivity index (χ0v) is 8.77. The van der Waals surface area contributed by atoms with Gasteiger partial charge in [0.2, 0.25) is 0 Å². The molecule has 1 aliphatic carbocycles. The Balaban J connectivity index is 2.11. The largest absolute Gasteiger partial charge is 0.367 e. The van der Waals surface area contributed by atoms with Gasteiger partial charge in [0.1, 0.15) is 0 Å². The molecule has 2 nitrogen and oxygen atoms in total. The van der Waals surface area contributed by atoms with E-state index in [0.29, 0.717) is 5.41 Å². The average Bonchev–Trinajstić information content (AvgIpc) is 2.82. The maximum atomic E-state index is 3.53. The van der Waals surface area contributed by atoms with Gasteiger partial charge in [-0.1, -0.05) is 6.92 Å². The maximum Gasteiger partial charge on any atom is 0.0133 e. The Morgan fingerprint density at radius 3 is 3.14 bits per heavy atom. The Hall–Kier alpha value is -0.760. The van der Waals surface area contributed by atoms with Crippen LogP contribution < -0.4 is 5.32 Å². The van der Waals surface area contributed by atoms with Gasteiger partial charge < -0.3 is 10.3 Å². The molecule has 2 heteroatoms. The number of nitrogens with one attached hydrogen (secondary N) is 2. The first-order valence-electron chi connectivity index (χ1n) is 5.70. The standard InChI is InChI=1S/C12H18N2/c1-9-2-3-10-6-14-7-11(10)12(9)4-5-13-8-12/h6-7,9,13-14H,2-5,8H2,1H3. The molecule has 2 heterocycles. The lowest BCUT2D eigenvalue weighted by Gasteiger charge is -2.39. The molecule has 1 saturated heterocycles. The number of rotatable bonds is 0. The lowest BCUT2D eigenvalue weighted by molar-refractivity contribution is 0.276. The average molecular weight is 190 g/mol. The van der Waals surface area contributed by atoms with Crippen LogP contribution in [0.25, 0.3) is 0 Å². The zero-order valence-electron chi connectivity index (χ0n) is 8.77. The first kappa shape index (κ1) is 8.54. The fourth-order valence-corrected chi connectivity index (χ4v) is 3.34.